The molecule has 0 heterocycles. The monoisotopic (exact) mass is 363 g/mol. The highest BCUT2D eigenvalue weighted by atomic mass is 32.2. The zero-order valence-corrected chi connectivity index (χ0v) is 15.7. The molecule has 0 amide bonds. The highest BCUT2D eigenvalue weighted by Crippen LogP contribution is 2.23. The molecule has 2 N–H and O–H groups in total. The maximum atomic E-state index is 12.5. The van der Waals surface area contributed by atoms with Crippen molar-refractivity contribution in [3.63, 3.8) is 0 Å². The number of nitrogens with zero attached hydrogens (tertiary/aromatic N) is 1. The molecule has 0 saturated heterocycles. The van der Waals surface area contributed by atoms with Crippen molar-refractivity contribution in [1.29, 1.82) is 0 Å². The van der Waals surface area contributed by atoms with E-state index in [1.54, 1.807) is 31.2 Å². The van der Waals surface area contributed by atoms with Gasteiger partial charge < -0.3 is 0 Å². The minimum atomic E-state index is -3.55. The Balaban J connectivity index is 2.93. The Labute approximate surface area is 139 Å². The summed E-state index contributed by atoms with van der Waals surface area (Å²) in [4.78, 5) is 1.81. The van der Waals surface area contributed by atoms with Crippen LogP contribution in [0.3, 0.4) is 0 Å². The summed E-state index contributed by atoms with van der Waals surface area (Å²) in [5, 5.41) is -0.746. The SMILES string of the molecule is CCC(NS(=O)(=O)C(C)c1ccc(NS(C)(=O)=O)cc1)N(C)C. The maximum absolute atomic E-state index is 12.5. The van der Waals surface area contributed by atoms with Gasteiger partial charge >= 0.3 is 0 Å². The molecule has 0 fully saturated rings. The smallest absolute Gasteiger partial charge is 0.229 e. The highest BCUT2D eigenvalue weighted by molar-refractivity contribution is 7.92. The first-order valence-electron chi connectivity index (χ1n) is 7.21. The molecule has 0 spiro atoms. The van der Waals surface area contributed by atoms with E-state index in [4.69, 9.17) is 0 Å². The van der Waals surface area contributed by atoms with Crippen LogP contribution in [0, 0.1) is 0 Å². The van der Waals surface area contributed by atoms with E-state index in [1.165, 1.54) is 0 Å². The summed E-state index contributed by atoms with van der Waals surface area (Å²) in [6.07, 6.45) is 1.44. The molecule has 132 valence electrons. The van der Waals surface area contributed by atoms with Crippen molar-refractivity contribution in [2.24, 2.45) is 0 Å². The largest absolute Gasteiger partial charge is 0.293 e. The molecule has 2 unspecified atom stereocenters. The van der Waals surface area contributed by atoms with E-state index >= 15 is 0 Å². The Morgan fingerprint density at radius 3 is 2.00 bits per heavy atom. The second kappa shape index (κ2) is 7.61. The van der Waals surface area contributed by atoms with Gasteiger partial charge in [0, 0.05) is 5.69 Å². The van der Waals surface area contributed by atoms with E-state index in [-0.39, 0.29) is 6.17 Å². The van der Waals surface area contributed by atoms with E-state index in [0.29, 0.717) is 17.7 Å². The van der Waals surface area contributed by atoms with E-state index in [9.17, 15) is 16.8 Å². The molecular formula is C14H25N3O4S2. The van der Waals surface area contributed by atoms with Gasteiger partial charge in [-0.3, -0.25) is 9.62 Å². The molecule has 0 aliphatic heterocycles. The first-order valence-corrected chi connectivity index (χ1v) is 10.7. The summed E-state index contributed by atoms with van der Waals surface area (Å²) in [7, 11) is -3.28. The van der Waals surface area contributed by atoms with Crippen LogP contribution in [0.2, 0.25) is 0 Å². The standard InChI is InChI=1S/C14H25N3O4S2/c1-6-14(17(3)4)16-23(20,21)11(2)12-7-9-13(10-8-12)15-22(5,18)19/h7-11,14-16H,6H2,1-5H3. The molecule has 0 saturated carbocycles. The molecule has 0 aliphatic rings. The Kier molecular flexibility index (Phi) is 6.58. The molecule has 9 heteroatoms. The van der Waals surface area contributed by atoms with Crippen LogP contribution in [0.25, 0.3) is 0 Å². The van der Waals surface area contributed by atoms with Crippen molar-refractivity contribution < 1.29 is 16.8 Å². The highest BCUT2D eigenvalue weighted by Gasteiger charge is 2.26. The lowest BCUT2D eigenvalue weighted by Crippen LogP contribution is -2.45. The van der Waals surface area contributed by atoms with Gasteiger partial charge in [0.15, 0.2) is 0 Å². The van der Waals surface area contributed by atoms with E-state index in [2.05, 4.69) is 9.44 Å². The minimum absolute atomic E-state index is 0.270. The Morgan fingerprint density at radius 1 is 1.09 bits per heavy atom. The molecule has 7 nitrogen and oxygen atoms in total. The Hall–Kier alpha value is -1.16. The average Bonchev–Trinajstić information content (AvgIpc) is 2.43. The summed E-state index contributed by atoms with van der Waals surface area (Å²) in [5.41, 5.74) is 0.985. The number of sulfonamides is 2. The fraction of sp³-hybridized carbons (Fsp3) is 0.571. The number of hydrogen-bond acceptors (Lipinski definition) is 5. The third-order valence-electron chi connectivity index (χ3n) is 3.46. The van der Waals surface area contributed by atoms with E-state index in [0.717, 1.165) is 6.26 Å². The maximum Gasteiger partial charge on any atom is 0.229 e. The van der Waals surface area contributed by atoms with Gasteiger partial charge in [0.25, 0.3) is 0 Å². The molecule has 1 rings (SSSR count). The normalized spacial score (nSPS) is 15.4. The molecule has 1 aromatic rings. The summed E-state index contributed by atoms with van der Waals surface area (Å²) >= 11 is 0. The van der Waals surface area contributed by atoms with Crippen LogP contribution >= 0.6 is 0 Å². The van der Waals surface area contributed by atoms with Crippen LogP contribution in [0.15, 0.2) is 24.3 Å². The molecule has 2 atom stereocenters. The second-order valence-corrected chi connectivity index (χ2v) is 9.47. The molecule has 0 bridgehead atoms. The lowest BCUT2D eigenvalue weighted by atomic mass is 10.1. The third-order valence-corrected chi connectivity index (χ3v) is 5.87. The van der Waals surface area contributed by atoms with Crippen LogP contribution < -0.4 is 9.44 Å². The predicted octanol–water partition coefficient (Wildman–Crippen LogP) is 1.34. The van der Waals surface area contributed by atoms with Crippen molar-refractivity contribution in [3.8, 4) is 0 Å². The van der Waals surface area contributed by atoms with Gasteiger partial charge in [-0.15, -0.1) is 0 Å². The van der Waals surface area contributed by atoms with Crippen LogP contribution in [0.5, 0.6) is 0 Å². The van der Waals surface area contributed by atoms with Crippen LogP contribution in [-0.2, 0) is 20.0 Å². The quantitative estimate of drug-likeness (QED) is 0.680. The zero-order chi connectivity index (χ0) is 17.8. The Morgan fingerprint density at radius 2 is 1.61 bits per heavy atom. The molecular weight excluding hydrogens is 338 g/mol. The minimum Gasteiger partial charge on any atom is -0.293 e. The molecule has 0 aromatic heterocycles. The first-order chi connectivity index (χ1) is 10.5. The predicted molar refractivity (Wildman–Crippen MR) is 93.1 cm³/mol. The molecule has 23 heavy (non-hydrogen) atoms. The average molecular weight is 364 g/mol. The first kappa shape index (κ1) is 19.9. The summed E-state index contributed by atoms with van der Waals surface area (Å²) in [5.74, 6) is 0. The lowest BCUT2D eigenvalue weighted by molar-refractivity contribution is 0.270. The second-order valence-electron chi connectivity index (χ2n) is 5.69. The van der Waals surface area contributed by atoms with Crippen LogP contribution in [-0.4, -0.2) is 48.3 Å². The number of benzene rings is 1. The number of rotatable bonds is 8. The Bertz CT molecular complexity index is 713. The van der Waals surface area contributed by atoms with Crippen LogP contribution in [0.1, 0.15) is 31.1 Å². The molecule has 0 radical (unpaired) electrons. The van der Waals surface area contributed by atoms with Crippen molar-refractivity contribution >= 4 is 25.7 Å². The van der Waals surface area contributed by atoms with Crippen molar-refractivity contribution in [2.45, 2.75) is 31.7 Å². The van der Waals surface area contributed by atoms with E-state index in [1.807, 2.05) is 25.9 Å². The van der Waals surface area contributed by atoms with Gasteiger partial charge in [-0.05, 0) is 45.1 Å². The lowest BCUT2D eigenvalue weighted by Gasteiger charge is -2.26. The zero-order valence-electron chi connectivity index (χ0n) is 14.1. The fourth-order valence-electron chi connectivity index (χ4n) is 2.06. The van der Waals surface area contributed by atoms with Crippen molar-refractivity contribution in [3.05, 3.63) is 29.8 Å². The van der Waals surface area contributed by atoms with Crippen LogP contribution in [0.4, 0.5) is 5.69 Å². The van der Waals surface area contributed by atoms with Gasteiger partial charge in [0.1, 0.15) is 0 Å². The summed E-state index contributed by atoms with van der Waals surface area (Å²) in [6.45, 7) is 3.51. The number of hydrogen-bond donors (Lipinski definition) is 2. The van der Waals surface area contributed by atoms with Gasteiger partial charge in [0.05, 0.1) is 17.7 Å². The summed E-state index contributed by atoms with van der Waals surface area (Å²) in [6, 6.07) is 6.30. The fourth-order valence-corrected chi connectivity index (χ4v) is 4.10. The summed E-state index contributed by atoms with van der Waals surface area (Å²) < 4.78 is 52.3. The number of anilines is 1. The van der Waals surface area contributed by atoms with Crippen molar-refractivity contribution in [1.82, 2.24) is 9.62 Å². The van der Waals surface area contributed by atoms with Gasteiger partial charge in [-0.2, -0.15) is 4.72 Å². The topological polar surface area (TPSA) is 95.6 Å². The molecule has 1 aromatic carbocycles. The van der Waals surface area contributed by atoms with Crippen molar-refractivity contribution in [2.75, 3.05) is 25.1 Å². The number of nitrogens with one attached hydrogen (secondary N) is 2. The van der Waals surface area contributed by atoms with Gasteiger partial charge in [-0.25, -0.2) is 16.8 Å². The van der Waals surface area contributed by atoms with Gasteiger partial charge in [-0.1, -0.05) is 19.1 Å². The van der Waals surface area contributed by atoms with E-state index < -0.39 is 25.3 Å². The third kappa shape index (κ3) is 6.09. The molecule has 0 aliphatic carbocycles. The van der Waals surface area contributed by atoms with Gasteiger partial charge in [0.2, 0.25) is 20.0 Å².